The van der Waals surface area contributed by atoms with E-state index >= 15 is 0 Å². The molecule has 0 heterocycles. The Labute approximate surface area is 116 Å². The van der Waals surface area contributed by atoms with E-state index in [9.17, 15) is 14.4 Å². The molecule has 1 amide bonds. The van der Waals surface area contributed by atoms with Crippen LogP contribution in [0.3, 0.4) is 0 Å². The van der Waals surface area contributed by atoms with Crippen molar-refractivity contribution in [1.82, 2.24) is 4.90 Å². The van der Waals surface area contributed by atoms with Crippen LogP contribution in [-0.2, 0) is 14.4 Å². The van der Waals surface area contributed by atoms with Crippen molar-refractivity contribution < 1.29 is 24.6 Å². The molecule has 0 aromatic carbocycles. The van der Waals surface area contributed by atoms with Crippen molar-refractivity contribution in [3.05, 3.63) is 23.9 Å². The molecule has 0 aromatic rings. The maximum atomic E-state index is 12.2. The molecule has 0 radical (unpaired) electrons. The number of allylic oxidation sites excluding steroid dienone is 3. The highest BCUT2D eigenvalue weighted by Gasteiger charge is 2.32. The van der Waals surface area contributed by atoms with Gasteiger partial charge in [0.25, 0.3) is 0 Å². The Kier molecular flexibility index (Phi) is 5.45. The van der Waals surface area contributed by atoms with Gasteiger partial charge in [0, 0.05) is 12.1 Å². The van der Waals surface area contributed by atoms with Crippen LogP contribution in [0.4, 0.5) is 0 Å². The Morgan fingerprint density at radius 2 is 2.00 bits per heavy atom. The second kappa shape index (κ2) is 6.85. The molecule has 1 aliphatic rings. The zero-order valence-corrected chi connectivity index (χ0v) is 11.2. The molecular weight excluding hydrogens is 264 g/mol. The molecule has 110 valence electrons. The second-order valence-electron chi connectivity index (χ2n) is 4.53. The highest BCUT2D eigenvalue weighted by atomic mass is 16.4. The number of aliphatic carboxylic acids is 2. The standard InChI is InChI=1S/C13H18N2O5/c1-8(13(19)20)15(9-5-3-2-4-6-9)12(18)10(14)7-11(16)17/h2-3,6,8,10H,4-5,7,14H2,1H3,(H,16,17)(H,19,20)/t8-,10-/m0/s1. The highest BCUT2D eigenvalue weighted by molar-refractivity contribution is 5.90. The zero-order chi connectivity index (χ0) is 15.3. The lowest BCUT2D eigenvalue weighted by Gasteiger charge is -2.31. The summed E-state index contributed by atoms with van der Waals surface area (Å²) in [7, 11) is 0. The van der Waals surface area contributed by atoms with E-state index < -0.39 is 36.4 Å². The van der Waals surface area contributed by atoms with E-state index in [2.05, 4.69) is 0 Å². The summed E-state index contributed by atoms with van der Waals surface area (Å²) in [4.78, 5) is 35.1. The molecule has 0 spiro atoms. The first kappa shape index (κ1) is 15.9. The molecule has 7 heteroatoms. The van der Waals surface area contributed by atoms with Gasteiger partial charge >= 0.3 is 11.9 Å². The normalized spacial score (nSPS) is 17.0. The van der Waals surface area contributed by atoms with Crippen molar-refractivity contribution in [2.45, 2.75) is 38.3 Å². The average Bonchev–Trinajstić information content (AvgIpc) is 2.39. The van der Waals surface area contributed by atoms with Gasteiger partial charge in [0.1, 0.15) is 6.04 Å². The fraction of sp³-hybridized carbons (Fsp3) is 0.462. The van der Waals surface area contributed by atoms with E-state index in [0.29, 0.717) is 18.5 Å². The minimum Gasteiger partial charge on any atom is -0.481 e. The molecule has 1 aliphatic carbocycles. The van der Waals surface area contributed by atoms with Crippen LogP contribution in [-0.4, -0.2) is 45.0 Å². The Morgan fingerprint density at radius 3 is 2.45 bits per heavy atom. The molecule has 7 nitrogen and oxygen atoms in total. The lowest BCUT2D eigenvalue weighted by molar-refractivity contribution is -0.149. The van der Waals surface area contributed by atoms with Crippen LogP contribution in [0.15, 0.2) is 23.9 Å². The summed E-state index contributed by atoms with van der Waals surface area (Å²) >= 11 is 0. The van der Waals surface area contributed by atoms with E-state index in [0.717, 1.165) is 4.90 Å². The Morgan fingerprint density at radius 1 is 1.35 bits per heavy atom. The number of carbonyl (C=O) groups is 3. The van der Waals surface area contributed by atoms with Crippen molar-refractivity contribution in [2.75, 3.05) is 0 Å². The van der Waals surface area contributed by atoms with Gasteiger partial charge < -0.3 is 20.8 Å². The number of nitrogens with two attached hydrogens (primary N) is 1. The van der Waals surface area contributed by atoms with Gasteiger partial charge in [-0.3, -0.25) is 9.59 Å². The van der Waals surface area contributed by atoms with Gasteiger partial charge in [-0.25, -0.2) is 4.79 Å². The Balaban J connectivity index is 2.98. The molecule has 0 aliphatic heterocycles. The predicted molar refractivity (Wildman–Crippen MR) is 70.6 cm³/mol. The molecule has 0 bridgehead atoms. The lowest BCUT2D eigenvalue weighted by atomic mass is 10.1. The fourth-order valence-corrected chi connectivity index (χ4v) is 1.93. The van der Waals surface area contributed by atoms with Gasteiger partial charge in [0.2, 0.25) is 5.91 Å². The minimum atomic E-state index is -1.26. The molecule has 0 saturated carbocycles. The molecule has 0 aromatic heterocycles. The first-order chi connectivity index (χ1) is 9.34. The molecule has 0 unspecified atom stereocenters. The van der Waals surface area contributed by atoms with Gasteiger partial charge in [-0.05, 0) is 13.3 Å². The number of amides is 1. The third-order valence-corrected chi connectivity index (χ3v) is 2.99. The maximum Gasteiger partial charge on any atom is 0.326 e. The second-order valence-corrected chi connectivity index (χ2v) is 4.53. The predicted octanol–water partition coefficient (Wildman–Crippen LogP) is 0.324. The number of rotatable bonds is 6. The van der Waals surface area contributed by atoms with Crippen molar-refractivity contribution in [2.24, 2.45) is 5.73 Å². The summed E-state index contributed by atoms with van der Waals surface area (Å²) in [6.45, 7) is 1.37. The third kappa shape index (κ3) is 3.92. The number of carboxylic acids is 2. The van der Waals surface area contributed by atoms with Crippen LogP contribution in [0.25, 0.3) is 0 Å². The van der Waals surface area contributed by atoms with Gasteiger partial charge in [0.05, 0.1) is 12.5 Å². The molecule has 20 heavy (non-hydrogen) atoms. The first-order valence-electron chi connectivity index (χ1n) is 6.22. The topological polar surface area (TPSA) is 121 Å². The van der Waals surface area contributed by atoms with Crippen LogP contribution in [0.1, 0.15) is 26.2 Å². The van der Waals surface area contributed by atoms with Gasteiger partial charge in [-0.15, -0.1) is 0 Å². The molecular formula is C13H18N2O5. The number of carboxylic acid groups (broad SMARTS) is 2. The number of carbonyl (C=O) groups excluding carboxylic acids is 1. The van der Waals surface area contributed by atoms with E-state index in [1.807, 2.05) is 12.2 Å². The number of nitrogens with zero attached hydrogens (tertiary/aromatic N) is 1. The average molecular weight is 282 g/mol. The minimum absolute atomic E-state index is 0.420. The van der Waals surface area contributed by atoms with Crippen LogP contribution in [0.5, 0.6) is 0 Å². The summed E-state index contributed by atoms with van der Waals surface area (Å²) in [5, 5.41) is 17.8. The molecule has 0 saturated heterocycles. The Bertz CT molecular complexity index is 469. The third-order valence-electron chi connectivity index (χ3n) is 2.99. The summed E-state index contributed by atoms with van der Waals surface area (Å²) < 4.78 is 0. The van der Waals surface area contributed by atoms with Gasteiger partial charge in [-0.2, -0.15) is 0 Å². The molecule has 0 fully saturated rings. The van der Waals surface area contributed by atoms with Crippen molar-refractivity contribution in [3.63, 3.8) is 0 Å². The fourth-order valence-electron chi connectivity index (χ4n) is 1.93. The zero-order valence-electron chi connectivity index (χ0n) is 11.2. The lowest BCUT2D eigenvalue weighted by Crippen LogP contribution is -2.50. The number of hydrogen-bond donors (Lipinski definition) is 3. The quantitative estimate of drug-likeness (QED) is 0.603. The number of hydrogen-bond acceptors (Lipinski definition) is 4. The molecule has 4 N–H and O–H groups in total. The highest BCUT2D eigenvalue weighted by Crippen LogP contribution is 2.20. The van der Waals surface area contributed by atoms with Crippen LogP contribution in [0.2, 0.25) is 0 Å². The van der Waals surface area contributed by atoms with E-state index in [-0.39, 0.29) is 0 Å². The van der Waals surface area contributed by atoms with E-state index in [1.54, 1.807) is 6.08 Å². The summed E-state index contributed by atoms with van der Waals surface area (Å²) in [6.07, 6.45) is 5.94. The van der Waals surface area contributed by atoms with Crippen molar-refractivity contribution in [3.8, 4) is 0 Å². The summed E-state index contributed by atoms with van der Waals surface area (Å²) in [5.74, 6) is -3.06. The van der Waals surface area contributed by atoms with E-state index in [4.69, 9.17) is 15.9 Å². The maximum absolute atomic E-state index is 12.2. The summed E-state index contributed by atoms with van der Waals surface area (Å²) in [5.41, 5.74) is 6.09. The Hall–Kier alpha value is -2.15. The van der Waals surface area contributed by atoms with Gasteiger partial charge in [-0.1, -0.05) is 18.2 Å². The SMILES string of the molecule is C[C@@H](C(=O)O)N(C(=O)[C@@H](N)CC(=O)O)C1=CCC=CC1. The van der Waals surface area contributed by atoms with Crippen LogP contribution in [0, 0.1) is 0 Å². The summed E-state index contributed by atoms with van der Waals surface area (Å²) in [6, 6.07) is -2.36. The van der Waals surface area contributed by atoms with Crippen LogP contribution < -0.4 is 5.73 Å². The first-order valence-corrected chi connectivity index (χ1v) is 6.22. The largest absolute Gasteiger partial charge is 0.481 e. The van der Waals surface area contributed by atoms with E-state index in [1.165, 1.54) is 6.92 Å². The van der Waals surface area contributed by atoms with Gasteiger partial charge in [0.15, 0.2) is 0 Å². The smallest absolute Gasteiger partial charge is 0.326 e. The molecule has 1 rings (SSSR count). The van der Waals surface area contributed by atoms with Crippen molar-refractivity contribution >= 4 is 17.8 Å². The van der Waals surface area contributed by atoms with Crippen LogP contribution >= 0.6 is 0 Å². The monoisotopic (exact) mass is 282 g/mol. The molecule has 2 atom stereocenters. The van der Waals surface area contributed by atoms with Crippen molar-refractivity contribution in [1.29, 1.82) is 0 Å².